The minimum Gasteiger partial charge on any atom is -0.480 e. The van der Waals surface area contributed by atoms with Gasteiger partial charge in [0, 0.05) is 11.5 Å². The van der Waals surface area contributed by atoms with Crippen molar-refractivity contribution >= 4 is 27.6 Å². The van der Waals surface area contributed by atoms with E-state index < -0.39 is 12.0 Å². The summed E-state index contributed by atoms with van der Waals surface area (Å²) in [5, 5.41) is 8.50. The number of hydrogen-bond acceptors (Lipinski definition) is 4. The summed E-state index contributed by atoms with van der Waals surface area (Å²) in [6.45, 7) is 0. The van der Waals surface area contributed by atoms with Gasteiger partial charge in [-0.25, -0.2) is 0 Å². The fraction of sp³-hybridized carbons (Fsp3) is 0.833. The second-order valence-electron chi connectivity index (χ2n) is 2.62. The van der Waals surface area contributed by atoms with Crippen LogP contribution in [0.1, 0.15) is 6.42 Å². The lowest BCUT2D eigenvalue weighted by molar-refractivity contribution is -0.138. The molecular formula is C6H11NO2S2. The lowest BCUT2D eigenvalue weighted by atomic mass is 10.0. The summed E-state index contributed by atoms with van der Waals surface area (Å²) < 4.78 is 0. The SMILES string of the molecule is N[C@@H](CC1CSSC1)C(=O)O. The molecule has 3 N–H and O–H groups in total. The first-order chi connectivity index (χ1) is 5.20. The molecule has 1 aliphatic rings. The molecule has 64 valence electrons. The van der Waals surface area contributed by atoms with Gasteiger partial charge in [0.05, 0.1) is 0 Å². The van der Waals surface area contributed by atoms with E-state index in [1.807, 2.05) is 0 Å². The Morgan fingerprint density at radius 1 is 1.64 bits per heavy atom. The molecule has 0 aromatic carbocycles. The van der Waals surface area contributed by atoms with E-state index in [9.17, 15) is 4.79 Å². The molecule has 0 bridgehead atoms. The van der Waals surface area contributed by atoms with Crippen molar-refractivity contribution in [3.8, 4) is 0 Å². The van der Waals surface area contributed by atoms with Gasteiger partial charge < -0.3 is 10.8 Å². The fourth-order valence-electron chi connectivity index (χ4n) is 0.933. The standard InChI is InChI=1S/C6H11NO2S2/c7-5(6(8)9)1-4-2-10-11-3-4/h4-5H,1-3,7H2,(H,8,9)/t5-/m0/s1. The summed E-state index contributed by atoms with van der Waals surface area (Å²) >= 11 is 0. The minimum atomic E-state index is -0.882. The van der Waals surface area contributed by atoms with E-state index in [0.717, 1.165) is 11.5 Å². The summed E-state index contributed by atoms with van der Waals surface area (Å²) in [6.07, 6.45) is 0.620. The van der Waals surface area contributed by atoms with Gasteiger partial charge in [0.15, 0.2) is 0 Å². The van der Waals surface area contributed by atoms with Crippen LogP contribution in [0.2, 0.25) is 0 Å². The third-order valence-corrected chi connectivity index (χ3v) is 4.29. The van der Waals surface area contributed by atoms with Crippen LogP contribution < -0.4 is 5.73 Å². The Hall–Kier alpha value is 0.130. The van der Waals surface area contributed by atoms with E-state index in [-0.39, 0.29) is 0 Å². The molecule has 1 heterocycles. The van der Waals surface area contributed by atoms with E-state index in [4.69, 9.17) is 10.8 Å². The maximum Gasteiger partial charge on any atom is 0.320 e. The average molecular weight is 193 g/mol. The Balaban J connectivity index is 2.23. The van der Waals surface area contributed by atoms with Crippen molar-refractivity contribution < 1.29 is 9.90 Å². The van der Waals surface area contributed by atoms with Gasteiger partial charge in [-0.15, -0.1) is 0 Å². The van der Waals surface area contributed by atoms with Gasteiger partial charge in [0.2, 0.25) is 0 Å². The van der Waals surface area contributed by atoms with E-state index in [0.29, 0.717) is 12.3 Å². The van der Waals surface area contributed by atoms with E-state index >= 15 is 0 Å². The van der Waals surface area contributed by atoms with Crippen LogP contribution >= 0.6 is 21.6 Å². The average Bonchev–Trinajstić information content (AvgIpc) is 2.39. The summed E-state index contributed by atoms with van der Waals surface area (Å²) in [5.74, 6) is 1.71. The van der Waals surface area contributed by atoms with E-state index in [1.165, 1.54) is 0 Å². The number of carboxylic acid groups (broad SMARTS) is 1. The van der Waals surface area contributed by atoms with Gasteiger partial charge in [-0.3, -0.25) is 4.79 Å². The van der Waals surface area contributed by atoms with Crippen LogP contribution in [-0.4, -0.2) is 28.6 Å². The Labute approximate surface area is 73.5 Å². The molecule has 5 heteroatoms. The first-order valence-electron chi connectivity index (χ1n) is 3.43. The first-order valence-corrected chi connectivity index (χ1v) is 5.91. The van der Waals surface area contributed by atoms with Crippen LogP contribution in [0, 0.1) is 5.92 Å². The van der Waals surface area contributed by atoms with Crippen LogP contribution in [-0.2, 0) is 4.79 Å². The molecule has 0 saturated carbocycles. The third kappa shape index (κ3) is 2.92. The topological polar surface area (TPSA) is 63.3 Å². The normalized spacial score (nSPS) is 21.9. The number of aliphatic carboxylic acids is 1. The molecule has 11 heavy (non-hydrogen) atoms. The van der Waals surface area contributed by atoms with Crippen molar-refractivity contribution in [3.63, 3.8) is 0 Å². The minimum absolute atomic E-state index is 0.496. The smallest absolute Gasteiger partial charge is 0.320 e. The predicted octanol–water partition coefficient (Wildman–Crippen LogP) is 0.800. The molecule has 0 aliphatic carbocycles. The van der Waals surface area contributed by atoms with Crippen LogP contribution in [0.3, 0.4) is 0 Å². The number of hydrogen-bond donors (Lipinski definition) is 2. The van der Waals surface area contributed by atoms with Crippen LogP contribution in [0.15, 0.2) is 0 Å². The zero-order valence-corrected chi connectivity index (χ0v) is 7.66. The zero-order chi connectivity index (χ0) is 8.27. The van der Waals surface area contributed by atoms with E-state index in [2.05, 4.69) is 0 Å². The maximum absolute atomic E-state index is 10.3. The van der Waals surface area contributed by atoms with Gasteiger partial charge in [0.25, 0.3) is 0 Å². The molecule has 1 rings (SSSR count). The summed E-state index contributed by atoms with van der Waals surface area (Å²) in [4.78, 5) is 10.3. The molecule has 3 nitrogen and oxygen atoms in total. The van der Waals surface area contributed by atoms with Gasteiger partial charge in [-0.1, -0.05) is 21.6 Å². The van der Waals surface area contributed by atoms with Crippen molar-refractivity contribution in [1.82, 2.24) is 0 Å². The van der Waals surface area contributed by atoms with Gasteiger partial charge in [0.1, 0.15) is 6.04 Å². The molecule has 0 radical (unpaired) electrons. The van der Waals surface area contributed by atoms with Crippen molar-refractivity contribution in [3.05, 3.63) is 0 Å². The molecule has 0 unspecified atom stereocenters. The Morgan fingerprint density at radius 2 is 2.18 bits per heavy atom. The van der Waals surface area contributed by atoms with Crippen molar-refractivity contribution in [2.45, 2.75) is 12.5 Å². The van der Waals surface area contributed by atoms with Gasteiger partial charge in [-0.2, -0.15) is 0 Å². The van der Waals surface area contributed by atoms with E-state index in [1.54, 1.807) is 21.6 Å². The highest BCUT2D eigenvalue weighted by molar-refractivity contribution is 8.77. The Bertz CT molecular complexity index is 148. The largest absolute Gasteiger partial charge is 0.480 e. The number of nitrogens with two attached hydrogens (primary N) is 1. The lowest BCUT2D eigenvalue weighted by Crippen LogP contribution is -2.32. The molecular weight excluding hydrogens is 182 g/mol. The highest BCUT2D eigenvalue weighted by Crippen LogP contribution is 2.36. The molecule has 0 spiro atoms. The second kappa shape index (κ2) is 4.23. The van der Waals surface area contributed by atoms with Crippen LogP contribution in [0.4, 0.5) is 0 Å². The second-order valence-corrected chi connectivity index (χ2v) is 5.17. The fourth-order valence-corrected chi connectivity index (χ4v) is 3.90. The van der Waals surface area contributed by atoms with Crippen LogP contribution in [0.25, 0.3) is 0 Å². The quantitative estimate of drug-likeness (QED) is 0.649. The predicted molar refractivity (Wildman–Crippen MR) is 48.6 cm³/mol. The van der Waals surface area contributed by atoms with Gasteiger partial charge >= 0.3 is 5.97 Å². The molecule has 0 aromatic heterocycles. The third-order valence-electron chi connectivity index (χ3n) is 1.60. The van der Waals surface area contributed by atoms with Crippen LogP contribution in [0.5, 0.6) is 0 Å². The highest BCUT2D eigenvalue weighted by Gasteiger charge is 2.22. The monoisotopic (exact) mass is 193 g/mol. The molecule has 1 fully saturated rings. The molecule has 1 atom stereocenters. The number of rotatable bonds is 3. The molecule has 1 aliphatic heterocycles. The number of carboxylic acids is 1. The maximum atomic E-state index is 10.3. The van der Waals surface area contributed by atoms with Crippen molar-refractivity contribution in [2.24, 2.45) is 11.7 Å². The van der Waals surface area contributed by atoms with Gasteiger partial charge in [-0.05, 0) is 12.3 Å². The molecule has 1 saturated heterocycles. The molecule has 0 amide bonds. The lowest BCUT2D eigenvalue weighted by Gasteiger charge is -2.10. The van der Waals surface area contributed by atoms with Crippen molar-refractivity contribution in [1.29, 1.82) is 0 Å². The first kappa shape index (κ1) is 9.22. The zero-order valence-electron chi connectivity index (χ0n) is 6.03. The highest BCUT2D eigenvalue weighted by atomic mass is 33.1. The summed E-state index contributed by atoms with van der Waals surface area (Å²) in [7, 11) is 3.61. The molecule has 0 aromatic rings. The summed E-state index contributed by atoms with van der Waals surface area (Å²) in [5.41, 5.74) is 5.38. The van der Waals surface area contributed by atoms with Crippen molar-refractivity contribution in [2.75, 3.05) is 11.5 Å². The Kier molecular flexibility index (Phi) is 3.54. The summed E-state index contributed by atoms with van der Waals surface area (Å²) in [6, 6.07) is -0.667. The Morgan fingerprint density at radius 3 is 2.64 bits per heavy atom. The number of carbonyl (C=O) groups is 1.